The van der Waals surface area contributed by atoms with Gasteiger partial charge in [-0.15, -0.1) is 0 Å². The van der Waals surface area contributed by atoms with E-state index in [-0.39, 0.29) is 37.5 Å². The van der Waals surface area contributed by atoms with Crippen molar-refractivity contribution in [2.24, 2.45) is 0 Å². The fourth-order valence-corrected chi connectivity index (χ4v) is 6.94. The van der Waals surface area contributed by atoms with E-state index in [0.29, 0.717) is 19.3 Å². The van der Waals surface area contributed by atoms with Crippen molar-refractivity contribution in [3.63, 3.8) is 0 Å². The molecule has 0 saturated carbocycles. The van der Waals surface area contributed by atoms with Gasteiger partial charge < -0.3 is 14.2 Å². The molecule has 6 nitrogen and oxygen atoms in total. The lowest BCUT2D eigenvalue weighted by atomic mass is 10.0. The molecule has 0 radical (unpaired) electrons. The van der Waals surface area contributed by atoms with E-state index in [1.807, 2.05) is 6.08 Å². The maximum Gasteiger partial charge on any atom is 0.306 e. The van der Waals surface area contributed by atoms with E-state index >= 15 is 0 Å². The van der Waals surface area contributed by atoms with E-state index < -0.39 is 6.10 Å². The van der Waals surface area contributed by atoms with Gasteiger partial charge in [-0.25, -0.2) is 0 Å². The molecule has 0 aliphatic carbocycles. The van der Waals surface area contributed by atoms with E-state index in [1.165, 1.54) is 116 Å². The van der Waals surface area contributed by atoms with Gasteiger partial charge in [0.05, 0.1) is 0 Å². The molecular formula is C55H94O6. The van der Waals surface area contributed by atoms with Crippen molar-refractivity contribution < 1.29 is 28.6 Å². The predicted octanol–water partition coefficient (Wildman–Crippen LogP) is 16.6. The largest absolute Gasteiger partial charge is 0.462 e. The molecule has 0 spiro atoms. The van der Waals surface area contributed by atoms with Crippen molar-refractivity contribution >= 4 is 17.9 Å². The van der Waals surface area contributed by atoms with Crippen LogP contribution in [0.3, 0.4) is 0 Å². The third-order valence-electron chi connectivity index (χ3n) is 10.7. The van der Waals surface area contributed by atoms with Crippen LogP contribution < -0.4 is 0 Å². The number of carbonyl (C=O) groups excluding carboxylic acids is 3. The number of rotatable bonds is 45. The number of esters is 3. The van der Waals surface area contributed by atoms with Crippen LogP contribution in [-0.4, -0.2) is 37.2 Å². The Morgan fingerprint density at radius 3 is 1.00 bits per heavy atom. The van der Waals surface area contributed by atoms with Gasteiger partial charge in [-0.1, -0.05) is 235 Å². The van der Waals surface area contributed by atoms with E-state index in [0.717, 1.165) is 77.0 Å². The Morgan fingerprint density at radius 2 is 0.639 bits per heavy atom. The second-order valence-electron chi connectivity index (χ2n) is 16.7. The van der Waals surface area contributed by atoms with Crippen LogP contribution in [0.5, 0.6) is 0 Å². The minimum absolute atomic E-state index is 0.0959. The highest BCUT2D eigenvalue weighted by molar-refractivity contribution is 5.71. The quantitative estimate of drug-likeness (QED) is 0.0263. The molecule has 0 aromatic heterocycles. The van der Waals surface area contributed by atoms with E-state index in [2.05, 4.69) is 87.6 Å². The van der Waals surface area contributed by atoms with Gasteiger partial charge in [-0.3, -0.25) is 14.4 Å². The van der Waals surface area contributed by atoms with Crippen molar-refractivity contribution in [3.05, 3.63) is 72.9 Å². The average molecular weight is 851 g/mol. The summed E-state index contributed by atoms with van der Waals surface area (Å²) >= 11 is 0. The molecule has 0 aliphatic rings. The number of carbonyl (C=O) groups is 3. The standard InChI is InChI=1S/C55H94O6/c1-4-7-10-13-16-19-21-23-25-26-27-28-30-31-33-36-39-42-45-48-54(57)60-51-52(50-59-53(56)47-44-41-38-35-18-15-12-9-6-3)61-55(58)49-46-43-40-37-34-32-29-24-22-20-17-14-11-8-5-2/h7,10,16,19,23,25,27-28,31,33,39,42,52H,4-6,8-9,11-15,17-18,20-22,24,26,29-30,32,34-38,40-41,43-51H2,1-3H3/b10-7-,19-16-,25-23-,28-27-,33-31-,42-39-. The Bertz CT molecular complexity index is 1160. The van der Waals surface area contributed by atoms with E-state index in [4.69, 9.17) is 14.2 Å². The second kappa shape index (κ2) is 49.5. The number of hydrogen-bond donors (Lipinski definition) is 0. The first-order valence-electron chi connectivity index (χ1n) is 25.4. The lowest BCUT2D eigenvalue weighted by molar-refractivity contribution is -0.166. The number of ether oxygens (including phenoxy) is 3. The van der Waals surface area contributed by atoms with Crippen LogP contribution in [0.2, 0.25) is 0 Å². The van der Waals surface area contributed by atoms with Crippen molar-refractivity contribution in [1.29, 1.82) is 0 Å². The molecule has 0 amide bonds. The van der Waals surface area contributed by atoms with Gasteiger partial charge >= 0.3 is 17.9 Å². The van der Waals surface area contributed by atoms with Gasteiger partial charge in [-0.05, 0) is 57.8 Å². The summed E-state index contributed by atoms with van der Waals surface area (Å²) in [4.78, 5) is 37.8. The van der Waals surface area contributed by atoms with Crippen LogP contribution >= 0.6 is 0 Å². The Hall–Kier alpha value is -3.15. The molecule has 6 heteroatoms. The van der Waals surface area contributed by atoms with Crippen molar-refractivity contribution in [2.45, 2.75) is 245 Å². The van der Waals surface area contributed by atoms with E-state index in [1.54, 1.807) is 0 Å². The minimum atomic E-state index is -0.800. The summed E-state index contributed by atoms with van der Waals surface area (Å²) in [5.74, 6) is -0.983. The number of allylic oxidation sites excluding steroid dienone is 12. The summed E-state index contributed by atoms with van der Waals surface area (Å²) in [5.41, 5.74) is 0. The molecule has 0 fully saturated rings. The Kier molecular flexibility index (Phi) is 46.9. The zero-order chi connectivity index (χ0) is 44.4. The second-order valence-corrected chi connectivity index (χ2v) is 16.7. The topological polar surface area (TPSA) is 78.9 Å². The van der Waals surface area contributed by atoms with E-state index in [9.17, 15) is 14.4 Å². The Labute approximate surface area is 376 Å². The van der Waals surface area contributed by atoms with Gasteiger partial charge in [0.25, 0.3) is 0 Å². The van der Waals surface area contributed by atoms with Crippen LogP contribution in [0.4, 0.5) is 0 Å². The summed E-state index contributed by atoms with van der Waals surface area (Å²) in [6.07, 6.45) is 61.9. The molecule has 350 valence electrons. The van der Waals surface area contributed by atoms with Crippen LogP contribution in [0.15, 0.2) is 72.9 Å². The molecule has 0 aliphatic heterocycles. The monoisotopic (exact) mass is 851 g/mol. The van der Waals surface area contributed by atoms with Crippen molar-refractivity contribution in [3.8, 4) is 0 Å². The highest BCUT2D eigenvalue weighted by atomic mass is 16.6. The first-order chi connectivity index (χ1) is 30.0. The van der Waals surface area contributed by atoms with Crippen LogP contribution in [-0.2, 0) is 28.6 Å². The summed E-state index contributed by atoms with van der Waals surface area (Å²) in [6.45, 7) is 6.44. The maximum absolute atomic E-state index is 12.8. The number of unbranched alkanes of at least 4 members (excludes halogenated alkanes) is 22. The summed E-state index contributed by atoms with van der Waals surface area (Å²) < 4.78 is 16.7. The zero-order valence-electron chi connectivity index (χ0n) is 39.9. The molecule has 0 heterocycles. The molecule has 0 aromatic rings. The normalized spacial score (nSPS) is 12.6. The molecule has 0 aromatic carbocycles. The van der Waals surface area contributed by atoms with Gasteiger partial charge in [0.15, 0.2) is 6.10 Å². The van der Waals surface area contributed by atoms with Gasteiger partial charge in [0, 0.05) is 19.3 Å². The molecule has 1 unspecified atom stereocenters. The SMILES string of the molecule is CC/C=C\C/C=C\C/C=C\C/C=C\C/C=C\C/C=C\CCC(=O)OCC(COC(=O)CCCCCCCCCCC)OC(=O)CCCCCCCCCCCCCCCCC. The first-order valence-corrected chi connectivity index (χ1v) is 25.4. The highest BCUT2D eigenvalue weighted by Crippen LogP contribution is 2.15. The summed E-state index contributed by atoms with van der Waals surface area (Å²) in [7, 11) is 0. The Balaban J connectivity index is 4.43. The van der Waals surface area contributed by atoms with Gasteiger partial charge in [0.1, 0.15) is 13.2 Å². The Morgan fingerprint density at radius 1 is 0.344 bits per heavy atom. The number of hydrogen-bond acceptors (Lipinski definition) is 6. The third-order valence-corrected chi connectivity index (χ3v) is 10.7. The lowest BCUT2D eigenvalue weighted by Crippen LogP contribution is -2.30. The van der Waals surface area contributed by atoms with Crippen LogP contribution in [0.25, 0.3) is 0 Å². The minimum Gasteiger partial charge on any atom is -0.462 e. The fourth-order valence-electron chi connectivity index (χ4n) is 6.94. The molecule has 1 atom stereocenters. The summed E-state index contributed by atoms with van der Waals surface area (Å²) in [5, 5.41) is 0. The third kappa shape index (κ3) is 47.7. The maximum atomic E-state index is 12.8. The smallest absolute Gasteiger partial charge is 0.306 e. The van der Waals surface area contributed by atoms with Gasteiger partial charge in [0.2, 0.25) is 0 Å². The molecule has 0 bridgehead atoms. The van der Waals surface area contributed by atoms with Gasteiger partial charge in [-0.2, -0.15) is 0 Å². The molecule has 0 N–H and O–H groups in total. The molecule has 0 saturated heterocycles. The van der Waals surface area contributed by atoms with Crippen LogP contribution in [0.1, 0.15) is 239 Å². The van der Waals surface area contributed by atoms with Crippen molar-refractivity contribution in [2.75, 3.05) is 13.2 Å². The average Bonchev–Trinajstić information content (AvgIpc) is 3.26. The first kappa shape index (κ1) is 57.9. The molecular weight excluding hydrogens is 757 g/mol. The summed E-state index contributed by atoms with van der Waals surface area (Å²) in [6, 6.07) is 0. The van der Waals surface area contributed by atoms with Crippen molar-refractivity contribution in [1.82, 2.24) is 0 Å². The predicted molar refractivity (Wildman–Crippen MR) is 261 cm³/mol. The molecule has 61 heavy (non-hydrogen) atoms. The highest BCUT2D eigenvalue weighted by Gasteiger charge is 2.19. The fraction of sp³-hybridized carbons (Fsp3) is 0.727. The van der Waals surface area contributed by atoms with Crippen LogP contribution in [0, 0.1) is 0 Å². The zero-order valence-corrected chi connectivity index (χ0v) is 39.9. The lowest BCUT2D eigenvalue weighted by Gasteiger charge is -2.18. The molecule has 0 rings (SSSR count).